The van der Waals surface area contributed by atoms with Crippen LogP contribution in [0.4, 0.5) is 0 Å². The summed E-state index contributed by atoms with van der Waals surface area (Å²) in [5.74, 6) is 1.31. The van der Waals surface area contributed by atoms with E-state index in [1.807, 2.05) is 0 Å². The van der Waals surface area contributed by atoms with E-state index in [9.17, 15) is 4.79 Å². The van der Waals surface area contributed by atoms with Gasteiger partial charge in [-0.25, -0.2) is 4.79 Å². The summed E-state index contributed by atoms with van der Waals surface area (Å²) >= 11 is 7.88. The summed E-state index contributed by atoms with van der Waals surface area (Å²) in [6, 6.07) is 0. The summed E-state index contributed by atoms with van der Waals surface area (Å²) in [5, 5.41) is 0.503. The van der Waals surface area contributed by atoms with Gasteiger partial charge in [-0.3, -0.25) is 4.98 Å². The average molecular weight is 244 g/mol. The van der Waals surface area contributed by atoms with Gasteiger partial charge in [0.2, 0.25) is 0 Å². The number of carbonyl (C=O) groups is 1. The maximum absolute atomic E-state index is 11.5. The molecule has 1 aliphatic heterocycles. The molecular formula is C10H10ClNO2S. The molecule has 0 bridgehead atoms. The Labute approximate surface area is 97.2 Å². The van der Waals surface area contributed by atoms with Crippen LogP contribution in [-0.4, -0.2) is 17.6 Å². The summed E-state index contributed by atoms with van der Waals surface area (Å²) in [6.07, 6.45) is 1.50. The molecule has 0 aliphatic carbocycles. The second-order valence-electron chi connectivity index (χ2n) is 3.12. The fourth-order valence-electron chi connectivity index (χ4n) is 1.44. The first-order valence-electron chi connectivity index (χ1n) is 4.65. The highest BCUT2D eigenvalue weighted by molar-refractivity contribution is 7.98. The van der Waals surface area contributed by atoms with E-state index in [0.717, 1.165) is 22.8 Å². The number of hydrogen-bond donors (Lipinski definition) is 0. The number of carbonyl (C=O) groups excluding carboxylic acids is 1. The van der Waals surface area contributed by atoms with Gasteiger partial charge in [0.25, 0.3) is 0 Å². The van der Waals surface area contributed by atoms with Gasteiger partial charge in [0, 0.05) is 23.3 Å². The molecule has 2 heterocycles. The van der Waals surface area contributed by atoms with Crippen molar-refractivity contribution < 1.29 is 9.53 Å². The molecule has 0 spiro atoms. The van der Waals surface area contributed by atoms with Crippen LogP contribution in [0.5, 0.6) is 0 Å². The van der Waals surface area contributed by atoms with Crippen molar-refractivity contribution >= 4 is 29.3 Å². The van der Waals surface area contributed by atoms with Gasteiger partial charge in [0.1, 0.15) is 0 Å². The zero-order valence-corrected chi connectivity index (χ0v) is 9.82. The van der Waals surface area contributed by atoms with E-state index in [2.05, 4.69) is 4.98 Å². The van der Waals surface area contributed by atoms with E-state index in [4.69, 9.17) is 16.3 Å². The molecule has 80 valence electrons. The molecular weight excluding hydrogens is 234 g/mol. The highest BCUT2D eigenvalue weighted by Gasteiger charge is 2.22. The van der Waals surface area contributed by atoms with Crippen molar-refractivity contribution in [1.29, 1.82) is 0 Å². The maximum Gasteiger partial charge on any atom is 0.341 e. The number of halogens is 1. The highest BCUT2D eigenvalue weighted by atomic mass is 35.5. The molecule has 15 heavy (non-hydrogen) atoms. The zero-order valence-electron chi connectivity index (χ0n) is 8.25. The van der Waals surface area contributed by atoms with Gasteiger partial charge in [0.15, 0.2) is 0 Å². The molecule has 1 aromatic heterocycles. The van der Waals surface area contributed by atoms with Crippen LogP contribution >= 0.6 is 23.4 Å². The van der Waals surface area contributed by atoms with Gasteiger partial charge in [-0.2, -0.15) is 11.8 Å². The van der Waals surface area contributed by atoms with Crippen LogP contribution in [-0.2, 0) is 16.2 Å². The largest absolute Gasteiger partial charge is 0.462 e. The smallest absolute Gasteiger partial charge is 0.341 e. The van der Waals surface area contributed by atoms with Gasteiger partial charge >= 0.3 is 5.97 Å². The Morgan fingerprint density at radius 2 is 2.47 bits per heavy atom. The van der Waals surface area contributed by atoms with Crippen LogP contribution in [0, 0.1) is 0 Å². The molecule has 0 amide bonds. The number of rotatable bonds is 2. The van der Waals surface area contributed by atoms with Crippen LogP contribution in [0.3, 0.4) is 0 Å². The molecule has 1 aliphatic rings. The van der Waals surface area contributed by atoms with Crippen LogP contribution < -0.4 is 0 Å². The number of nitrogens with zero attached hydrogens (tertiary/aromatic N) is 1. The van der Waals surface area contributed by atoms with Crippen molar-refractivity contribution in [1.82, 2.24) is 4.98 Å². The predicted molar refractivity (Wildman–Crippen MR) is 60.2 cm³/mol. The molecule has 0 saturated heterocycles. The second-order valence-corrected chi connectivity index (χ2v) is 4.49. The molecule has 2 rings (SSSR count). The standard InChI is InChI=1S/C10H10ClNO2S/c1-2-14-10(13)6-3-12-8-5-15-4-7(8)9(6)11/h3H,2,4-5H2,1H3. The van der Waals surface area contributed by atoms with Gasteiger partial charge in [-0.05, 0) is 6.92 Å². The summed E-state index contributed by atoms with van der Waals surface area (Å²) in [7, 11) is 0. The number of pyridine rings is 1. The minimum Gasteiger partial charge on any atom is -0.462 e. The number of thioether (sulfide) groups is 1. The Balaban J connectivity index is 2.38. The van der Waals surface area contributed by atoms with E-state index in [0.29, 0.717) is 17.2 Å². The maximum atomic E-state index is 11.5. The summed E-state index contributed by atoms with van der Waals surface area (Å²) < 4.78 is 4.90. The lowest BCUT2D eigenvalue weighted by molar-refractivity contribution is 0.0526. The predicted octanol–water partition coefficient (Wildman–Crippen LogP) is 2.66. The van der Waals surface area contributed by atoms with Crippen LogP contribution in [0.1, 0.15) is 28.5 Å². The van der Waals surface area contributed by atoms with Crippen LogP contribution in [0.25, 0.3) is 0 Å². The first-order chi connectivity index (χ1) is 7.24. The van der Waals surface area contributed by atoms with Crippen molar-refractivity contribution in [2.75, 3.05) is 6.61 Å². The third kappa shape index (κ3) is 1.96. The fraction of sp³-hybridized carbons (Fsp3) is 0.400. The second kappa shape index (κ2) is 4.41. The Bertz CT molecular complexity index is 409. The molecule has 0 atom stereocenters. The Kier molecular flexibility index (Phi) is 3.17. The number of esters is 1. The van der Waals surface area contributed by atoms with Gasteiger partial charge in [-0.1, -0.05) is 11.6 Å². The topological polar surface area (TPSA) is 39.2 Å². The van der Waals surface area contributed by atoms with Crippen molar-refractivity contribution in [3.05, 3.63) is 28.0 Å². The van der Waals surface area contributed by atoms with E-state index < -0.39 is 5.97 Å². The number of ether oxygens (including phenoxy) is 1. The highest BCUT2D eigenvalue weighted by Crippen LogP contribution is 2.35. The number of hydrogen-bond acceptors (Lipinski definition) is 4. The van der Waals surface area contributed by atoms with E-state index in [-0.39, 0.29) is 0 Å². The van der Waals surface area contributed by atoms with E-state index in [1.165, 1.54) is 6.20 Å². The SMILES string of the molecule is CCOC(=O)c1cnc2c(c1Cl)CSC2. The van der Waals surface area contributed by atoms with Crippen molar-refractivity contribution in [3.8, 4) is 0 Å². The van der Waals surface area contributed by atoms with Gasteiger partial charge < -0.3 is 4.74 Å². The number of fused-ring (bicyclic) bond motifs is 1. The molecule has 3 nitrogen and oxygen atoms in total. The lowest BCUT2D eigenvalue weighted by Gasteiger charge is -2.06. The zero-order chi connectivity index (χ0) is 10.8. The minimum atomic E-state index is -0.394. The monoisotopic (exact) mass is 243 g/mol. The Morgan fingerprint density at radius 3 is 3.20 bits per heavy atom. The van der Waals surface area contributed by atoms with E-state index >= 15 is 0 Å². The molecule has 0 unspecified atom stereocenters. The lowest BCUT2D eigenvalue weighted by atomic mass is 10.1. The molecule has 5 heteroatoms. The molecule has 0 N–H and O–H groups in total. The molecule has 0 radical (unpaired) electrons. The first-order valence-corrected chi connectivity index (χ1v) is 6.18. The molecule has 0 saturated carbocycles. The molecule has 1 aromatic rings. The number of aromatic nitrogens is 1. The van der Waals surface area contributed by atoms with Gasteiger partial charge in [0.05, 0.1) is 22.9 Å². The van der Waals surface area contributed by atoms with Gasteiger partial charge in [-0.15, -0.1) is 0 Å². The van der Waals surface area contributed by atoms with Crippen LogP contribution in [0.2, 0.25) is 5.02 Å². The minimum absolute atomic E-state index is 0.348. The normalized spacial score (nSPS) is 13.7. The first kappa shape index (κ1) is 10.8. The van der Waals surface area contributed by atoms with Crippen molar-refractivity contribution in [3.63, 3.8) is 0 Å². The van der Waals surface area contributed by atoms with E-state index in [1.54, 1.807) is 18.7 Å². The Hall–Kier alpha value is -0.740. The quantitative estimate of drug-likeness (QED) is 0.749. The summed E-state index contributed by atoms with van der Waals surface area (Å²) in [4.78, 5) is 15.7. The molecule has 0 fully saturated rings. The Morgan fingerprint density at radius 1 is 1.67 bits per heavy atom. The molecule has 0 aromatic carbocycles. The lowest BCUT2D eigenvalue weighted by Crippen LogP contribution is -2.07. The van der Waals surface area contributed by atoms with Crippen molar-refractivity contribution in [2.24, 2.45) is 0 Å². The third-order valence-electron chi connectivity index (χ3n) is 2.18. The third-order valence-corrected chi connectivity index (χ3v) is 3.58. The summed E-state index contributed by atoms with van der Waals surface area (Å²) in [6.45, 7) is 2.11. The fourth-order valence-corrected chi connectivity index (χ4v) is 2.88. The van der Waals surface area contributed by atoms with Crippen LogP contribution in [0.15, 0.2) is 6.20 Å². The van der Waals surface area contributed by atoms with Crippen molar-refractivity contribution in [2.45, 2.75) is 18.4 Å². The average Bonchev–Trinajstić information content (AvgIpc) is 2.67. The summed E-state index contributed by atoms with van der Waals surface area (Å²) in [5.41, 5.74) is 2.34.